The van der Waals surface area contributed by atoms with Gasteiger partial charge in [-0.25, -0.2) is 4.79 Å². The van der Waals surface area contributed by atoms with Crippen LogP contribution in [0.1, 0.15) is 5.56 Å². The number of carbonyl (C=O) groups is 1. The fourth-order valence-electron chi connectivity index (χ4n) is 2.33. The molecule has 2 aromatic rings. The Morgan fingerprint density at radius 3 is 3.00 bits per heavy atom. The van der Waals surface area contributed by atoms with Gasteiger partial charge >= 0.3 is 6.09 Å². The monoisotopic (exact) mass is 257 g/mol. The second kappa shape index (κ2) is 4.85. The van der Waals surface area contributed by atoms with E-state index in [1.54, 1.807) is 11.1 Å². The van der Waals surface area contributed by atoms with E-state index in [-0.39, 0.29) is 12.2 Å². The van der Waals surface area contributed by atoms with Crippen LogP contribution in [-0.4, -0.2) is 35.2 Å². The first kappa shape index (κ1) is 11.9. The molecule has 1 aromatic carbocycles. The average Bonchev–Trinajstić information content (AvgIpc) is 2.80. The minimum atomic E-state index is -0.302. The number of benzene rings is 1. The summed E-state index contributed by atoms with van der Waals surface area (Å²) in [5, 5.41) is 1.07. The van der Waals surface area contributed by atoms with Gasteiger partial charge in [-0.2, -0.15) is 0 Å². The van der Waals surface area contributed by atoms with Crippen molar-refractivity contribution in [1.29, 1.82) is 0 Å². The van der Waals surface area contributed by atoms with Gasteiger partial charge < -0.3 is 15.4 Å². The minimum absolute atomic E-state index is 0.199. The van der Waals surface area contributed by atoms with Crippen LogP contribution in [-0.2, 0) is 11.3 Å². The highest BCUT2D eigenvalue weighted by molar-refractivity contribution is 5.82. The summed E-state index contributed by atoms with van der Waals surface area (Å²) in [7, 11) is 0. The van der Waals surface area contributed by atoms with E-state index in [9.17, 15) is 4.79 Å². The van der Waals surface area contributed by atoms with Crippen LogP contribution in [0.15, 0.2) is 36.5 Å². The van der Waals surface area contributed by atoms with Gasteiger partial charge in [0.25, 0.3) is 0 Å². The molecule has 2 heterocycles. The van der Waals surface area contributed by atoms with Crippen LogP contribution in [0.4, 0.5) is 4.79 Å². The van der Waals surface area contributed by atoms with Crippen LogP contribution in [0.2, 0.25) is 0 Å². The number of pyridine rings is 1. The number of nitrogens with two attached hydrogens (primary N) is 1. The van der Waals surface area contributed by atoms with Gasteiger partial charge in [0.15, 0.2) is 0 Å². The SMILES string of the molecule is NCC1CN(Cc2cccc3cccnc23)C(=O)O1. The van der Waals surface area contributed by atoms with Crippen molar-refractivity contribution in [1.82, 2.24) is 9.88 Å². The number of fused-ring (bicyclic) bond motifs is 1. The number of aromatic nitrogens is 1. The van der Waals surface area contributed by atoms with E-state index >= 15 is 0 Å². The van der Waals surface area contributed by atoms with Crippen LogP contribution < -0.4 is 5.73 Å². The molecule has 1 aromatic heterocycles. The highest BCUT2D eigenvalue weighted by Gasteiger charge is 2.30. The fraction of sp³-hybridized carbons (Fsp3) is 0.286. The van der Waals surface area contributed by atoms with Crippen LogP contribution in [0.25, 0.3) is 10.9 Å². The molecule has 1 aliphatic heterocycles. The predicted molar refractivity (Wildman–Crippen MR) is 71.5 cm³/mol. The van der Waals surface area contributed by atoms with E-state index in [0.717, 1.165) is 16.5 Å². The van der Waals surface area contributed by atoms with Crippen molar-refractivity contribution < 1.29 is 9.53 Å². The van der Waals surface area contributed by atoms with E-state index in [1.807, 2.05) is 30.3 Å². The number of para-hydroxylation sites is 1. The lowest BCUT2D eigenvalue weighted by Gasteiger charge is -2.14. The van der Waals surface area contributed by atoms with E-state index in [2.05, 4.69) is 4.98 Å². The summed E-state index contributed by atoms with van der Waals surface area (Å²) in [6.07, 6.45) is 1.26. The zero-order valence-electron chi connectivity index (χ0n) is 10.5. The quantitative estimate of drug-likeness (QED) is 0.905. The molecule has 1 amide bonds. The van der Waals surface area contributed by atoms with Crippen LogP contribution in [0.3, 0.4) is 0 Å². The van der Waals surface area contributed by atoms with Crippen molar-refractivity contribution in [2.75, 3.05) is 13.1 Å². The first-order chi connectivity index (χ1) is 9.28. The zero-order chi connectivity index (χ0) is 13.2. The molecule has 0 spiro atoms. The predicted octanol–water partition coefficient (Wildman–Crippen LogP) is 1.51. The summed E-state index contributed by atoms with van der Waals surface area (Å²) >= 11 is 0. The first-order valence-corrected chi connectivity index (χ1v) is 6.26. The van der Waals surface area contributed by atoms with Crippen molar-refractivity contribution in [3.8, 4) is 0 Å². The maximum absolute atomic E-state index is 11.7. The van der Waals surface area contributed by atoms with Gasteiger partial charge in [-0.05, 0) is 11.6 Å². The van der Waals surface area contributed by atoms with Gasteiger partial charge in [-0.15, -0.1) is 0 Å². The Labute approximate surface area is 111 Å². The van der Waals surface area contributed by atoms with E-state index < -0.39 is 0 Å². The van der Waals surface area contributed by atoms with Gasteiger partial charge in [0.2, 0.25) is 0 Å². The van der Waals surface area contributed by atoms with Crippen LogP contribution >= 0.6 is 0 Å². The number of amides is 1. The molecule has 1 atom stereocenters. The third-order valence-corrected chi connectivity index (χ3v) is 3.29. The minimum Gasteiger partial charge on any atom is -0.443 e. The molecule has 0 aliphatic carbocycles. The topological polar surface area (TPSA) is 68.5 Å². The molecule has 1 saturated heterocycles. The van der Waals surface area contributed by atoms with E-state index in [1.165, 1.54) is 0 Å². The summed E-state index contributed by atoms with van der Waals surface area (Å²) in [6, 6.07) is 9.88. The molecule has 5 heteroatoms. The largest absolute Gasteiger partial charge is 0.443 e. The molecular formula is C14H15N3O2. The average molecular weight is 257 g/mol. The van der Waals surface area contributed by atoms with Gasteiger partial charge in [0.1, 0.15) is 6.10 Å². The van der Waals surface area contributed by atoms with Gasteiger partial charge in [0.05, 0.1) is 18.6 Å². The Morgan fingerprint density at radius 1 is 1.37 bits per heavy atom. The third kappa shape index (κ3) is 2.24. The molecule has 5 nitrogen and oxygen atoms in total. The molecule has 3 rings (SSSR count). The van der Waals surface area contributed by atoms with Gasteiger partial charge in [-0.1, -0.05) is 24.3 Å². The highest BCUT2D eigenvalue weighted by Crippen LogP contribution is 2.20. The van der Waals surface area contributed by atoms with Crippen molar-refractivity contribution >= 4 is 17.0 Å². The van der Waals surface area contributed by atoms with Crippen molar-refractivity contribution in [2.24, 2.45) is 5.73 Å². The standard InChI is InChI=1S/C14H15N3O2/c15-7-12-9-17(14(18)19-12)8-11-4-1-3-10-5-2-6-16-13(10)11/h1-6,12H,7-9,15H2. The molecule has 1 aliphatic rings. The number of ether oxygens (including phenoxy) is 1. The Bertz CT molecular complexity index is 609. The summed E-state index contributed by atoms with van der Waals surface area (Å²) in [4.78, 5) is 17.8. The number of hydrogen-bond acceptors (Lipinski definition) is 4. The Morgan fingerprint density at radius 2 is 2.21 bits per heavy atom. The van der Waals surface area contributed by atoms with Crippen molar-refractivity contribution in [2.45, 2.75) is 12.6 Å². The van der Waals surface area contributed by atoms with Crippen LogP contribution in [0, 0.1) is 0 Å². The van der Waals surface area contributed by atoms with Gasteiger partial charge in [-0.3, -0.25) is 4.98 Å². The van der Waals surface area contributed by atoms with Crippen molar-refractivity contribution in [3.05, 3.63) is 42.1 Å². The normalized spacial score (nSPS) is 18.9. The Hall–Kier alpha value is -2.14. The number of rotatable bonds is 3. The molecule has 1 fully saturated rings. The second-order valence-electron chi connectivity index (χ2n) is 4.61. The Kier molecular flexibility index (Phi) is 3.05. The van der Waals surface area contributed by atoms with Crippen LogP contribution in [0.5, 0.6) is 0 Å². The van der Waals surface area contributed by atoms with E-state index in [4.69, 9.17) is 10.5 Å². The number of cyclic esters (lactones) is 1. The lowest BCUT2D eigenvalue weighted by atomic mass is 10.1. The maximum Gasteiger partial charge on any atom is 0.410 e. The second-order valence-corrected chi connectivity index (χ2v) is 4.61. The molecule has 0 radical (unpaired) electrons. The Balaban J connectivity index is 1.88. The van der Waals surface area contributed by atoms with E-state index in [0.29, 0.717) is 19.6 Å². The molecule has 2 N–H and O–H groups in total. The fourth-order valence-corrected chi connectivity index (χ4v) is 2.33. The molecular weight excluding hydrogens is 242 g/mol. The number of hydrogen-bond donors (Lipinski definition) is 1. The first-order valence-electron chi connectivity index (χ1n) is 6.26. The molecule has 0 bridgehead atoms. The molecule has 1 unspecified atom stereocenters. The summed E-state index contributed by atoms with van der Waals surface area (Å²) in [6.45, 7) is 1.40. The van der Waals surface area contributed by atoms with Crippen molar-refractivity contribution in [3.63, 3.8) is 0 Å². The zero-order valence-corrected chi connectivity index (χ0v) is 10.5. The summed E-state index contributed by atoms with van der Waals surface area (Å²) < 4.78 is 5.15. The number of carbonyl (C=O) groups excluding carboxylic acids is 1. The maximum atomic E-state index is 11.7. The molecule has 0 saturated carbocycles. The lowest BCUT2D eigenvalue weighted by molar-refractivity contribution is 0.134. The lowest BCUT2D eigenvalue weighted by Crippen LogP contribution is -2.27. The number of nitrogens with zero attached hydrogens (tertiary/aromatic N) is 2. The molecule has 98 valence electrons. The van der Waals surface area contributed by atoms with Gasteiger partial charge in [0, 0.05) is 18.1 Å². The summed E-state index contributed by atoms with van der Waals surface area (Å²) in [5.41, 5.74) is 7.47. The smallest absolute Gasteiger partial charge is 0.410 e. The third-order valence-electron chi connectivity index (χ3n) is 3.29. The molecule has 19 heavy (non-hydrogen) atoms. The highest BCUT2D eigenvalue weighted by atomic mass is 16.6. The summed E-state index contributed by atoms with van der Waals surface area (Å²) in [5.74, 6) is 0.